The van der Waals surface area contributed by atoms with Crippen LogP contribution in [-0.4, -0.2) is 54.1 Å². The third-order valence-corrected chi connectivity index (χ3v) is 3.94. The van der Waals surface area contributed by atoms with Crippen LogP contribution < -0.4 is 5.32 Å². The van der Waals surface area contributed by atoms with Crippen molar-refractivity contribution in [1.82, 2.24) is 14.8 Å². The summed E-state index contributed by atoms with van der Waals surface area (Å²) in [5.74, 6) is -0.0692. The van der Waals surface area contributed by atoms with E-state index >= 15 is 0 Å². The van der Waals surface area contributed by atoms with Gasteiger partial charge in [-0.2, -0.15) is 0 Å². The molecule has 0 bridgehead atoms. The summed E-state index contributed by atoms with van der Waals surface area (Å²) in [5, 5.41) is 2.82. The number of hydrogen-bond acceptors (Lipinski definition) is 4. The Hall–Kier alpha value is -2.54. The Morgan fingerprint density at radius 3 is 3.04 bits per heavy atom. The molecule has 2 amide bonds. The van der Waals surface area contributed by atoms with Gasteiger partial charge in [0.05, 0.1) is 18.9 Å². The first kappa shape index (κ1) is 15.4. The lowest BCUT2D eigenvalue weighted by molar-refractivity contribution is 0.0503. The fraction of sp³-hybridized carbons (Fsp3) is 0.375. The number of amides is 2. The van der Waals surface area contributed by atoms with Crippen LogP contribution in [0.15, 0.2) is 41.1 Å². The molecule has 23 heavy (non-hydrogen) atoms. The van der Waals surface area contributed by atoms with E-state index < -0.39 is 0 Å². The van der Waals surface area contributed by atoms with Gasteiger partial charge in [-0.25, -0.2) is 0 Å². The topological polar surface area (TPSA) is 76.7 Å². The predicted octanol–water partition coefficient (Wildman–Crippen LogP) is 0.982. The molecule has 0 aromatic carbocycles. The highest BCUT2D eigenvalue weighted by atomic mass is 16.5. The van der Waals surface area contributed by atoms with Crippen LogP contribution in [-0.2, 0) is 11.3 Å². The van der Waals surface area contributed by atoms with Gasteiger partial charge in [-0.3, -0.25) is 9.59 Å². The summed E-state index contributed by atoms with van der Waals surface area (Å²) in [7, 11) is 1.60. The number of methoxy groups -OCH3 is 1. The summed E-state index contributed by atoms with van der Waals surface area (Å²) in [6, 6.07) is 6.80. The fourth-order valence-corrected chi connectivity index (χ4v) is 2.76. The number of ether oxygens (including phenoxy) is 1. The van der Waals surface area contributed by atoms with E-state index in [9.17, 15) is 9.59 Å². The average Bonchev–Trinajstić information content (AvgIpc) is 3.23. The molecular weight excluding hydrogens is 298 g/mol. The fourth-order valence-electron chi connectivity index (χ4n) is 2.76. The van der Waals surface area contributed by atoms with Gasteiger partial charge >= 0.3 is 0 Å². The number of carbonyl (C=O) groups excluding carboxylic acids is 2. The molecule has 0 spiro atoms. The third-order valence-electron chi connectivity index (χ3n) is 3.94. The SMILES string of the molecule is COCCN1C(=O)c2cccn2CC1CNC(=O)c1ccco1. The first-order valence-electron chi connectivity index (χ1n) is 7.47. The molecule has 0 saturated carbocycles. The number of aromatic nitrogens is 1. The van der Waals surface area contributed by atoms with Gasteiger partial charge in [-0.1, -0.05) is 0 Å². The van der Waals surface area contributed by atoms with Crippen LogP contribution in [0.3, 0.4) is 0 Å². The molecule has 0 radical (unpaired) electrons. The first-order chi connectivity index (χ1) is 11.2. The maximum absolute atomic E-state index is 12.6. The lowest BCUT2D eigenvalue weighted by Gasteiger charge is -2.36. The molecule has 3 heterocycles. The lowest BCUT2D eigenvalue weighted by atomic mass is 10.1. The van der Waals surface area contributed by atoms with Crippen molar-refractivity contribution in [3.8, 4) is 0 Å². The maximum Gasteiger partial charge on any atom is 0.287 e. The number of rotatable bonds is 6. The van der Waals surface area contributed by atoms with Gasteiger partial charge in [-0.05, 0) is 24.3 Å². The Kier molecular flexibility index (Phi) is 4.47. The van der Waals surface area contributed by atoms with Crippen LogP contribution in [0, 0.1) is 0 Å². The molecule has 1 atom stereocenters. The molecule has 1 aliphatic heterocycles. The minimum Gasteiger partial charge on any atom is -0.459 e. The van der Waals surface area contributed by atoms with Crippen molar-refractivity contribution in [1.29, 1.82) is 0 Å². The van der Waals surface area contributed by atoms with Crippen LogP contribution in [0.1, 0.15) is 21.0 Å². The summed E-state index contributed by atoms with van der Waals surface area (Å²) in [6.07, 6.45) is 3.33. The van der Waals surface area contributed by atoms with Crippen molar-refractivity contribution in [2.75, 3.05) is 26.8 Å². The van der Waals surface area contributed by atoms with Crippen LogP contribution >= 0.6 is 0 Å². The van der Waals surface area contributed by atoms with Gasteiger partial charge in [0.25, 0.3) is 11.8 Å². The van der Waals surface area contributed by atoms with Crippen LogP contribution in [0.5, 0.6) is 0 Å². The minimum atomic E-state index is -0.285. The number of hydrogen-bond donors (Lipinski definition) is 1. The van der Waals surface area contributed by atoms with Crippen molar-refractivity contribution in [3.63, 3.8) is 0 Å². The second-order valence-corrected chi connectivity index (χ2v) is 5.38. The minimum absolute atomic E-state index is 0.0458. The monoisotopic (exact) mass is 317 g/mol. The van der Waals surface area contributed by atoms with Gasteiger partial charge in [0, 0.05) is 32.9 Å². The molecular formula is C16H19N3O4. The number of nitrogens with one attached hydrogen (secondary N) is 1. The summed E-state index contributed by atoms with van der Waals surface area (Å²) >= 11 is 0. The van der Waals surface area contributed by atoms with Gasteiger partial charge in [-0.15, -0.1) is 0 Å². The highest BCUT2D eigenvalue weighted by Crippen LogP contribution is 2.18. The van der Waals surface area contributed by atoms with E-state index in [4.69, 9.17) is 9.15 Å². The standard InChI is InChI=1S/C16H19N3O4/c1-22-9-7-19-12(10-17-15(20)14-5-3-8-23-14)11-18-6-2-4-13(18)16(19)21/h2-6,8,12H,7,9-11H2,1H3,(H,17,20). The van der Waals surface area contributed by atoms with E-state index in [-0.39, 0.29) is 23.6 Å². The number of fused-ring (bicyclic) bond motifs is 1. The lowest BCUT2D eigenvalue weighted by Crippen LogP contribution is -2.53. The number of nitrogens with zero attached hydrogens (tertiary/aromatic N) is 2. The number of furan rings is 1. The molecule has 1 N–H and O–H groups in total. The highest BCUT2D eigenvalue weighted by molar-refractivity contribution is 5.94. The molecule has 0 saturated heterocycles. The zero-order chi connectivity index (χ0) is 16.2. The Morgan fingerprint density at radius 2 is 2.30 bits per heavy atom. The van der Waals surface area contributed by atoms with E-state index in [1.165, 1.54) is 6.26 Å². The second kappa shape index (κ2) is 6.70. The molecule has 2 aromatic heterocycles. The predicted molar refractivity (Wildman–Crippen MR) is 82.2 cm³/mol. The molecule has 0 aliphatic carbocycles. The quantitative estimate of drug-likeness (QED) is 0.862. The smallest absolute Gasteiger partial charge is 0.287 e. The van der Waals surface area contributed by atoms with Crippen molar-refractivity contribution >= 4 is 11.8 Å². The van der Waals surface area contributed by atoms with Gasteiger partial charge < -0.3 is 23.9 Å². The van der Waals surface area contributed by atoms with Crippen molar-refractivity contribution in [3.05, 3.63) is 48.2 Å². The Bertz CT molecular complexity index is 677. The maximum atomic E-state index is 12.6. The van der Waals surface area contributed by atoms with E-state index in [0.717, 1.165) is 0 Å². The van der Waals surface area contributed by atoms with E-state index in [0.29, 0.717) is 31.9 Å². The normalized spacial score (nSPS) is 17.2. The Morgan fingerprint density at radius 1 is 1.43 bits per heavy atom. The summed E-state index contributed by atoms with van der Waals surface area (Å²) in [5.41, 5.74) is 0.662. The summed E-state index contributed by atoms with van der Waals surface area (Å²) in [4.78, 5) is 26.3. The molecule has 3 rings (SSSR count). The average molecular weight is 317 g/mol. The van der Waals surface area contributed by atoms with Gasteiger partial charge in [0.1, 0.15) is 5.69 Å². The molecule has 1 aliphatic rings. The van der Waals surface area contributed by atoms with E-state index in [2.05, 4.69) is 5.32 Å². The molecule has 7 heteroatoms. The van der Waals surface area contributed by atoms with Crippen LogP contribution in [0.2, 0.25) is 0 Å². The van der Waals surface area contributed by atoms with E-state index in [1.807, 2.05) is 16.8 Å². The zero-order valence-corrected chi connectivity index (χ0v) is 12.9. The molecule has 7 nitrogen and oxygen atoms in total. The third kappa shape index (κ3) is 3.14. The van der Waals surface area contributed by atoms with Crippen molar-refractivity contribution < 1.29 is 18.7 Å². The summed E-state index contributed by atoms with van der Waals surface area (Å²) < 4.78 is 12.1. The highest BCUT2D eigenvalue weighted by Gasteiger charge is 2.32. The van der Waals surface area contributed by atoms with Crippen LogP contribution in [0.4, 0.5) is 0 Å². The molecule has 1 unspecified atom stereocenters. The van der Waals surface area contributed by atoms with Gasteiger partial charge in [0.2, 0.25) is 0 Å². The second-order valence-electron chi connectivity index (χ2n) is 5.38. The Labute approximate surface area is 133 Å². The van der Waals surface area contributed by atoms with E-state index in [1.54, 1.807) is 30.2 Å². The summed E-state index contributed by atoms with van der Waals surface area (Å²) in [6.45, 7) is 1.93. The van der Waals surface area contributed by atoms with Gasteiger partial charge in [0.15, 0.2) is 5.76 Å². The molecule has 0 fully saturated rings. The molecule has 122 valence electrons. The largest absolute Gasteiger partial charge is 0.459 e. The molecule has 2 aromatic rings. The van der Waals surface area contributed by atoms with Crippen molar-refractivity contribution in [2.45, 2.75) is 12.6 Å². The Balaban J connectivity index is 1.70. The number of carbonyl (C=O) groups is 2. The van der Waals surface area contributed by atoms with Crippen molar-refractivity contribution in [2.24, 2.45) is 0 Å². The van der Waals surface area contributed by atoms with Crippen LogP contribution in [0.25, 0.3) is 0 Å². The zero-order valence-electron chi connectivity index (χ0n) is 12.9. The first-order valence-corrected chi connectivity index (χ1v) is 7.47.